The molecule has 0 bridgehead atoms. The van der Waals surface area contributed by atoms with Gasteiger partial charge in [-0.25, -0.2) is 8.42 Å². The Morgan fingerprint density at radius 3 is 2.18 bits per heavy atom. The number of rotatable bonds is 4. The van der Waals surface area contributed by atoms with Gasteiger partial charge in [-0.15, -0.1) is 0 Å². The van der Waals surface area contributed by atoms with Gasteiger partial charge < -0.3 is 10.5 Å². The average Bonchev–Trinajstić information content (AvgIpc) is 2.96. The zero-order valence-electron chi connectivity index (χ0n) is 11.9. The van der Waals surface area contributed by atoms with Crippen LogP contribution in [-0.4, -0.2) is 38.5 Å². The highest BCUT2D eigenvalue weighted by Gasteiger charge is 2.43. The van der Waals surface area contributed by atoms with Crippen LogP contribution in [0, 0.1) is 11.8 Å². The largest absolute Gasteiger partial charge is 0.435 e. The predicted molar refractivity (Wildman–Crippen MR) is 76.0 cm³/mol. The Balaban J connectivity index is 1.74. The molecule has 2 fully saturated rings. The van der Waals surface area contributed by atoms with Crippen LogP contribution in [0.4, 0.5) is 8.78 Å². The standard InChI is InChI=1S/C14H18F2N2O3S/c15-14(16)21-12-1-3-13(4-2-12)22(19,20)18-7-9-5-11(17)6-10(9)8-18/h1-4,9-11,14H,5-8,17H2/t9-,10-/m1/s1. The smallest absolute Gasteiger partial charge is 0.387 e. The summed E-state index contributed by atoms with van der Waals surface area (Å²) < 4.78 is 55.1. The Morgan fingerprint density at radius 1 is 1.14 bits per heavy atom. The Bertz CT molecular complexity index is 622. The number of nitrogens with zero attached hydrogens (tertiary/aromatic N) is 1. The van der Waals surface area contributed by atoms with E-state index in [-0.39, 0.29) is 16.7 Å². The Morgan fingerprint density at radius 2 is 1.68 bits per heavy atom. The van der Waals surface area contributed by atoms with Crippen LogP contribution < -0.4 is 10.5 Å². The van der Waals surface area contributed by atoms with Gasteiger partial charge >= 0.3 is 6.61 Å². The number of nitrogens with two attached hydrogens (primary N) is 1. The third-order valence-electron chi connectivity index (χ3n) is 4.44. The second-order valence-electron chi connectivity index (χ2n) is 5.92. The van der Waals surface area contributed by atoms with Crippen molar-refractivity contribution in [2.45, 2.75) is 30.4 Å². The molecule has 0 unspecified atom stereocenters. The summed E-state index contributed by atoms with van der Waals surface area (Å²) in [7, 11) is -3.59. The van der Waals surface area contributed by atoms with E-state index in [1.807, 2.05) is 0 Å². The summed E-state index contributed by atoms with van der Waals surface area (Å²) in [6, 6.07) is 5.25. The molecule has 1 saturated carbocycles. The minimum atomic E-state index is -3.59. The third-order valence-corrected chi connectivity index (χ3v) is 6.29. The maximum Gasteiger partial charge on any atom is 0.387 e. The molecule has 122 valence electrons. The van der Waals surface area contributed by atoms with Crippen molar-refractivity contribution in [3.05, 3.63) is 24.3 Å². The van der Waals surface area contributed by atoms with E-state index in [2.05, 4.69) is 4.74 Å². The molecule has 1 aromatic carbocycles. The molecule has 1 heterocycles. The molecule has 1 saturated heterocycles. The van der Waals surface area contributed by atoms with Crippen LogP contribution in [0.2, 0.25) is 0 Å². The fraction of sp³-hybridized carbons (Fsp3) is 0.571. The van der Waals surface area contributed by atoms with E-state index in [1.165, 1.54) is 28.6 Å². The summed E-state index contributed by atoms with van der Waals surface area (Å²) in [4.78, 5) is 0.0957. The molecule has 2 aliphatic rings. The van der Waals surface area contributed by atoms with Gasteiger partial charge in [-0.2, -0.15) is 13.1 Å². The van der Waals surface area contributed by atoms with Crippen LogP contribution in [0.25, 0.3) is 0 Å². The normalized spacial score (nSPS) is 26.5. The highest BCUT2D eigenvalue weighted by Crippen LogP contribution is 2.39. The van der Waals surface area contributed by atoms with Crippen molar-refractivity contribution in [3.63, 3.8) is 0 Å². The summed E-state index contributed by atoms with van der Waals surface area (Å²) in [5, 5.41) is 0. The Hall–Kier alpha value is -1.25. The van der Waals surface area contributed by atoms with E-state index in [1.54, 1.807) is 0 Å². The fourth-order valence-electron chi connectivity index (χ4n) is 3.44. The molecule has 8 heteroatoms. The summed E-state index contributed by atoms with van der Waals surface area (Å²) in [5.41, 5.74) is 5.90. The van der Waals surface area contributed by atoms with E-state index in [4.69, 9.17) is 5.73 Å². The number of benzene rings is 1. The first kappa shape index (κ1) is 15.6. The van der Waals surface area contributed by atoms with Crippen molar-refractivity contribution in [2.24, 2.45) is 17.6 Å². The van der Waals surface area contributed by atoms with Gasteiger partial charge in [-0.05, 0) is 48.9 Å². The van der Waals surface area contributed by atoms with Gasteiger partial charge in [0.1, 0.15) is 5.75 Å². The third kappa shape index (κ3) is 2.95. The number of halogens is 2. The highest BCUT2D eigenvalue weighted by atomic mass is 32.2. The average molecular weight is 332 g/mol. The van der Waals surface area contributed by atoms with E-state index < -0.39 is 16.6 Å². The Kier molecular flexibility index (Phi) is 4.09. The fourth-order valence-corrected chi connectivity index (χ4v) is 5.00. The molecule has 1 aromatic rings. The molecule has 0 aromatic heterocycles. The quantitative estimate of drug-likeness (QED) is 0.910. The van der Waals surface area contributed by atoms with Crippen LogP contribution in [0.15, 0.2) is 29.2 Å². The van der Waals surface area contributed by atoms with E-state index in [0.29, 0.717) is 24.9 Å². The first-order chi connectivity index (χ1) is 10.4. The monoisotopic (exact) mass is 332 g/mol. The second-order valence-corrected chi connectivity index (χ2v) is 7.86. The maximum absolute atomic E-state index is 12.6. The lowest BCUT2D eigenvalue weighted by molar-refractivity contribution is -0.0498. The zero-order chi connectivity index (χ0) is 15.9. The molecule has 3 rings (SSSR count). The maximum atomic E-state index is 12.6. The van der Waals surface area contributed by atoms with Crippen molar-refractivity contribution in [3.8, 4) is 5.75 Å². The molecule has 5 nitrogen and oxygen atoms in total. The van der Waals surface area contributed by atoms with Crippen molar-refractivity contribution >= 4 is 10.0 Å². The number of hydrogen-bond acceptors (Lipinski definition) is 4. The lowest BCUT2D eigenvalue weighted by atomic mass is 10.0. The lowest BCUT2D eigenvalue weighted by Crippen LogP contribution is -2.31. The molecule has 2 N–H and O–H groups in total. The summed E-state index contributed by atoms with van der Waals surface area (Å²) in [6.07, 6.45) is 1.72. The summed E-state index contributed by atoms with van der Waals surface area (Å²) in [6.45, 7) is -1.96. The molecule has 2 atom stereocenters. The number of hydrogen-bond donors (Lipinski definition) is 1. The molecule has 1 aliphatic heterocycles. The zero-order valence-corrected chi connectivity index (χ0v) is 12.7. The van der Waals surface area contributed by atoms with Gasteiger partial charge in [0, 0.05) is 19.1 Å². The number of ether oxygens (including phenoxy) is 1. The molecular formula is C14H18F2N2O3S. The minimum Gasteiger partial charge on any atom is -0.435 e. The molecular weight excluding hydrogens is 314 g/mol. The molecule has 22 heavy (non-hydrogen) atoms. The number of sulfonamides is 1. The topological polar surface area (TPSA) is 72.6 Å². The molecule has 1 aliphatic carbocycles. The predicted octanol–water partition coefficient (Wildman–Crippen LogP) is 1.65. The van der Waals surface area contributed by atoms with E-state index in [0.717, 1.165) is 12.8 Å². The SMILES string of the molecule is NC1C[C@@H]2CN(S(=O)(=O)c3ccc(OC(F)F)cc3)C[C@H]2C1. The first-order valence-corrected chi connectivity index (χ1v) is 8.61. The van der Waals surface area contributed by atoms with E-state index >= 15 is 0 Å². The lowest BCUT2D eigenvalue weighted by Gasteiger charge is -2.18. The molecule has 0 radical (unpaired) electrons. The van der Waals surface area contributed by atoms with Crippen molar-refractivity contribution in [2.75, 3.05) is 13.1 Å². The first-order valence-electron chi connectivity index (χ1n) is 7.17. The van der Waals surface area contributed by atoms with Gasteiger partial charge in [-0.1, -0.05) is 0 Å². The van der Waals surface area contributed by atoms with Gasteiger partial charge in [0.25, 0.3) is 0 Å². The number of alkyl halides is 2. The summed E-state index contributed by atoms with van der Waals surface area (Å²) in [5.74, 6) is 0.593. The van der Waals surface area contributed by atoms with Crippen LogP contribution in [0.5, 0.6) is 5.75 Å². The van der Waals surface area contributed by atoms with Crippen LogP contribution >= 0.6 is 0 Å². The molecule has 0 spiro atoms. The van der Waals surface area contributed by atoms with Crippen molar-refractivity contribution < 1.29 is 21.9 Å². The highest BCUT2D eigenvalue weighted by molar-refractivity contribution is 7.89. The number of fused-ring (bicyclic) bond motifs is 1. The summed E-state index contributed by atoms with van der Waals surface area (Å²) >= 11 is 0. The van der Waals surface area contributed by atoms with Gasteiger partial charge in [0.2, 0.25) is 10.0 Å². The van der Waals surface area contributed by atoms with Crippen molar-refractivity contribution in [1.29, 1.82) is 0 Å². The van der Waals surface area contributed by atoms with Crippen LogP contribution in [0.3, 0.4) is 0 Å². The Labute approximate surface area is 128 Å². The molecule has 0 amide bonds. The van der Waals surface area contributed by atoms with E-state index in [9.17, 15) is 17.2 Å². The van der Waals surface area contributed by atoms with Gasteiger partial charge in [0.05, 0.1) is 4.90 Å². The minimum absolute atomic E-state index is 0.0572. The van der Waals surface area contributed by atoms with Gasteiger partial charge in [0.15, 0.2) is 0 Å². The van der Waals surface area contributed by atoms with Crippen LogP contribution in [0.1, 0.15) is 12.8 Å². The van der Waals surface area contributed by atoms with Crippen LogP contribution in [-0.2, 0) is 10.0 Å². The van der Waals surface area contributed by atoms with Crippen molar-refractivity contribution in [1.82, 2.24) is 4.31 Å². The van der Waals surface area contributed by atoms with Gasteiger partial charge in [-0.3, -0.25) is 0 Å². The second kappa shape index (κ2) is 5.75.